The largest absolute Gasteiger partial charge is 0.370 e. The van der Waals surface area contributed by atoms with E-state index in [0.29, 0.717) is 18.3 Å². The molecule has 1 heterocycles. The lowest BCUT2D eigenvalue weighted by atomic mass is 9.82. The van der Waals surface area contributed by atoms with Gasteiger partial charge in [-0.3, -0.25) is 9.59 Å². The molecule has 120 valence electrons. The summed E-state index contributed by atoms with van der Waals surface area (Å²) < 4.78 is 0. The molecule has 0 aromatic heterocycles. The van der Waals surface area contributed by atoms with Gasteiger partial charge in [0.05, 0.1) is 0 Å². The van der Waals surface area contributed by atoms with Crippen molar-refractivity contribution in [1.29, 1.82) is 0 Å². The predicted octanol–water partition coefficient (Wildman–Crippen LogP) is 1.32. The van der Waals surface area contributed by atoms with Gasteiger partial charge in [-0.15, -0.1) is 0 Å². The van der Waals surface area contributed by atoms with E-state index in [2.05, 4.69) is 10.6 Å². The summed E-state index contributed by atoms with van der Waals surface area (Å²) in [5.41, 5.74) is 5.35. The molecule has 2 rings (SSSR count). The number of carbonyl (C=O) groups is 2. The first-order valence-electron chi connectivity index (χ1n) is 8.43. The zero-order valence-corrected chi connectivity index (χ0v) is 12.9. The van der Waals surface area contributed by atoms with Crippen molar-refractivity contribution in [3.8, 4) is 0 Å². The molecule has 1 aliphatic carbocycles. The van der Waals surface area contributed by atoms with Crippen LogP contribution in [-0.2, 0) is 9.59 Å². The van der Waals surface area contributed by atoms with E-state index in [-0.39, 0.29) is 24.3 Å². The average Bonchev–Trinajstić information content (AvgIpc) is 2.98. The lowest BCUT2D eigenvalue weighted by molar-refractivity contribution is -0.123. The van der Waals surface area contributed by atoms with Crippen LogP contribution in [0.25, 0.3) is 0 Å². The summed E-state index contributed by atoms with van der Waals surface area (Å²) in [4.78, 5) is 23.4. The highest BCUT2D eigenvalue weighted by Crippen LogP contribution is 2.28. The van der Waals surface area contributed by atoms with Gasteiger partial charge in [-0.2, -0.15) is 0 Å². The second-order valence-electron chi connectivity index (χ2n) is 6.64. The van der Waals surface area contributed by atoms with E-state index in [4.69, 9.17) is 5.73 Å². The van der Waals surface area contributed by atoms with Gasteiger partial charge in [0.2, 0.25) is 11.8 Å². The van der Waals surface area contributed by atoms with Crippen LogP contribution in [-0.4, -0.2) is 30.9 Å². The topological polar surface area (TPSA) is 84.2 Å². The monoisotopic (exact) mass is 295 g/mol. The number of carbonyl (C=O) groups excluding carboxylic acids is 2. The van der Waals surface area contributed by atoms with Gasteiger partial charge in [-0.25, -0.2) is 0 Å². The lowest BCUT2D eigenvalue weighted by Crippen LogP contribution is -2.43. The third kappa shape index (κ3) is 5.65. The molecular formula is C16H29N3O2. The van der Waals surface area contributed by atoms with Crippen LogP contribution in [0.5, 0.6) is 0 Å². The van der Waals surface area contributed by atoms with Crippen molar-refractivity contribution in [2.24, 2.45) is 17.6 Å². The van der Waals surface area contributed by atoms with Crippen molar-refractivity contribution in [3.05, 3.63) is 0 Å². The maximum absolute atomic E-state index is 12.2. The standard InChI is InChI=1S/C16H29N3O2/c17-15(20)10-14(13-4-2-1-3-5-13)19-16(21)7-6-12-8-9-18-11-12/h12-14,18H,1-11H2,(H2,17,20)(H,19,21). The third-order valence-electron chi connectivity index (χ3n) is 4.93. The van der Waals surface area contributed by atoms with E-state index in [1.807, 2.05) is 0 Å². The summed E-state index contributed by atoms with van der Waals surface area (Å²) in [6.07, 6.45) is 8.81. The molecule has 1 saturated carbocycles. The maximum Gasteiger partial charge on any atom is 0.220 e. The molecule has 2 aliphatic rings. The van der Waals surface area contributed by atoms with Crippen LogP contribution in [0.1, 0.15) is 57.8 Å². The minimum Gasteiger partial charge on any atom is -0.370 e. The molecule has 2 unspecified atom stereocenters. The molecule has 0 radical (unpaired) electrons. The normalized spacial score (nSPS) is 24.7. The number of nitrogens with two attached hydrogens (primary N) is 1. The molecule has 21 heavy (non-hydrogen) atoms. The van der Waals surface area contributed by atoms with Crippen LogP contribution >= 0.6 is 0 Å². The smallest absolute Gasteiger partial charge is 0.220 e. The quantitative estimate of drug-likeness (QED) is 0.662. The summed E-state index contributed by atoms with van der Waals surface area (Å²) in [5, 5.41) is 6.40. The Labute approximate surface area is 127 Å². The van der Waals surface area contributed by atoms with Gasteiger partial charge in [-0.1, -0.05) is 19.3 Å². The van der Waals surface area contributed by atoms with Gasteiger partial charge in [0.1, 0.15) is 0 Å². The Morgan fingerprint density at radius 1 is 1.19 bits per heavy atom. The zero-order chi connectivity index (χ0) is 15.1. The van der Waals surface area contributed by atoms with E-state index in [1.54, 1.807) is 0 Å². The van der Waals surface area contributed by atoms with Crippen molar-refractivity contribution >= 4 is 11.8 Å². The van der Waals surface area contributed by atoms with Gasteiger partial charge in [0, 0.05) is 18.9 Å². The van der Waals surface area contributed by atoms with Crippen molar-refractivity contribution in [2.75, 3.05) is 13.1 Å². The van der Waals surface area contributed by atoms with Crippen molar-refractivity contribution in [3.63, 3.8) is 0 Å². The summed E-state index contributed by atoms with van der Waals surface area (Å²) in [6, 6.07) is -0.0583. The van der Waals surface area contributed by atoms with Gasteiger partial charge in [0.15, 0.2) is 0 Å². The summed E-state index contributed by atoms with van der Waals surface area (Å²) in [6.45, 7) is 2.10. The molecule has 4 N–H and O–H groups in total. The molecule has 2 atom stereocenters. The number of nitrogens with one attached hydrogen (secondary N) is 2. The summed E-state index contributed by atoms with van der Waals surface area (Å²) in [7, 11) is 0. The zero-order valence-electron chi connectivity index (χ0n) is 12.9. The van der Waals surface area contributed by atoms with Crippen LogP contribution < -0.4 is 16.4 Å². The number of hydrogen-bond acceptors (Lipinski definition) is 3. The SMILES string of the molecule is NC(=O)CC(NC(=O)CCC1CCNC1)C1CCCCC1. The fourth-order valence-electron chi connectivity index (χ4n) is 3.66. The van der Waals surface area contributed by atoms with E-state index < -0.39 is 0 Å². The lowest BCUT2D eigenvalue weighted by Gasteiger charge is -2.30. The second-order valence-corrected chi connectivity index (χ2v) is 6.64. The predicted molar refractivity (Wildman–Crippen MR) is 82.5 cm³/mol. The average molecular weight is 295 g/mol. The van der Waals surface area contributed by atoms with Crippen molar-refractivity contribution in [1.82, 2.24) is 10.6 Å². The van der Waals surface area contributed by atoms with E-state index in [1.165, 1.54) is 25.7 Å². The number of primary amides is 1. The minimum absolute atomic E-state index is 0.0583. The number of amides is 2. The summed E-state index contributed by atoms with van der Waals surface area (Å²) >= 11 is 0. The Hall–Kier alpha value is -1.10. The van der Waals surface area contributed by atoms with Gasteiger partial charge < -0.3 is 16.4 Å². The number of hydrogen-bond donors (Lipinski definition) is 3. The Morgan fingerprint density at radius 3 is 2.57 bits per heavy atom. The molecule has 0 bridgehead atoms. The van der Waals surface area contributed by atoms with Crippen LogP contribution in [0.2, 0.25) is 0 Å². The molecule has 0 spiro atoms. The van der Waals surface area contributed by atoms with Crippen LogP contribution in [0.3, 0.4) is 0 Å². The first-order chi connectivity index (χ1) is 10.1. The second kappa shape index (κ2) is 8.37. The minimum atomic E-state index is -0.314. The first kappa shape index (κ1) is 16.3. The van der Waals surface area contributed by atoms with Crippen molar-refractivity contribution < 1.29 is 9.59 Å². The highest BCUT2D eigenvalue weighted by Gasteiger charge is 2.26. The van der Waals surface area contributed by atoms with Gasteiger partial charge in [-0.05, 0) is 50.6 Å². The Kier molecular flexibility index (Phi) is 6.49. The third-order valence-corrected chi connectivity index (χ3v) is 4.93. The highest BCUT2D eigenvalue weighted by molar-refractivity contribution is 5.78. The first-order valence-corrected chi connectivity index (χ1v) is 8.43. The number of rotatable bonds is 7. The van der Waals surface area contributed by atoms with Crippen LogP contribution in [0, 0.1) is 11.8 Å². The van der Waals surface area contributed by atoms with Crippen LogP contribution in [0.4, 0.5) is 0 Å². The molecular weight excluding hydrogens is 266 g/mol. The van der Waals surface area contributed by atoms with Gasteiger partial charge >= 0.3 is 0 Å². The summed E-state index contributed by atoms with van der Waals surface area (Å²) in [5.74, 6) is 0.813. The molecule has 1 aliphatic heterocycles. The molecule has 2 amide bonds. The van der Waals surface area contributed by atoms with E-state index >= 15 is 0 Å². The molecule has 1 saturated heterocycles. The highest BCUT2D eigenvalue weighted by atomic mass is 16.2. The fraction of sp³-hybridized carbons (Fsp3) is 0.875. The van der Waals surface area contributed by atoms with Crippen molar-refractivity contribution in [2.45, 2.75) is 63.8 Å². The fourth-order valence-corrected chi connectivity index (χ4v) is 3.66. The maximum atomic E-state index is 12.2. The Morgan fingerprint density at radius 2 is 1.95 bits per heavy atom. The van der Waals surface area contributed by atoms with Crippen LogP contribution in [0.15, 0.2) is 0 Å². The molecule has 0 aromatic carbocycles. The van der Waals surface area contributed by atoms with Gasteiger partial charge in [0.25, 0.3) is 0 Å². The molecule has 2 fully saturated rings. The van der Waals surface area contributed by atoms with E-state index in [0.717, 1.165) is 32.4 Å². The molecule has 5 nitrogen and oxygen atoms in total. The Balaban J connectivity index is 1.78. The van der Waals surface area contributed by atoms with E-state index in [9.17, 15) is 9.59 Å². The molecule has 5 heteroatoms. The Bertz CT molecular complexity index is 347. The molecule has 0 aromatic rings.